The van der Waals surface area contributed by atoms with E-state index in [1.807, 2.05) is 6.07 Å². The maximum Gasteiger partial charge on any atom is 0.339 e. The molecule has 3 rings (SSSR count). The van der Waals surface area contributed by atoms with E-state index in [1.165, 1.54) is 6.07 Å². The molecule has 28 heavy (non-hydrogen) atoms. The van der Waals surface area contributed by atoms with Crippen LogP contribution in [0.5, 0.6) is 5.75 Å². The van der Waals surface area contributed by atoms with Gasteiger partial charge in [0.15, 0.2) is 5.76 Å². The number of rotatable bonds is 7. The van der Waals surface area contributed by atoms with Crippen LogP contribution in [-0.2, 0) is 6.42 Å². The van der Waals surface area contributed by atoms with Gasteiger partial charge in [0.2, 0.25) is 11.7 Å². The summed E-state index contributed by atoms with van der Waals surface area (Å²) in [6.45, 7) is 3.41. The van der Waals surface area contributed by atoms with Gasteiger partial charge in [-0.25, -0.2) is 4.79 Å². The number of carbonyl (C=O) groups excluding carboxylic acids is 1. The number of carboxylic acid groups (broad SMARTS) is 1. The molecule has 0 aliphatic heterocycles. The molecule has 0 saturated heterocycles. The Balaban J connectivity index is 1.74. The number of nitrogens with one attached hydrogen (secondary N) is 1. The molecule has 1 atom stereocenters. The number of ether oxygens (including phenoxy) is 1. The van der Waals surface area contributed by atoms with E-state index in [2.05, 4.69) is 15.5 Å². The molecule has 2 N–H and O–H groups in total. The summed E-state index contributed by atoms with van der Waals surface area (Å²) in [5.41, 5.74) is 0.677. The fraction of sp³-hybridized carbons (Fsp3) is 0.263. The molecule has 2 aromatic heterocycles. The average Bonchev–Trinajstić information content (AvgIpc) is 3.35. The molecule has 3 aromatic rings. The predicted molar refractivity (Wildman–Crippen MR) is 97.2 cm³/mol. The molecule has 0 spiro atoms. The van der Waals surface area contributed by atoms with Crippen LogP contribution in [0, 0.1) is 0 Å². The maximum atomic E-state index is 12.4. The molecule has 0 aliphatic rings. The van der Waals surface area contributed by atoms with Crippen molar-refractivity contribution in [2.45, 2.75) is 26.3 Å². The van der Waals surface area contributed by atoms with E-state index in [0.717, 1.165) is 0 Å². The molecule has 2 heterocycles. The van der Waals surface area contributed by atoms with Crippen molar-refractivity contribution in [3.05, 3.63) is 53.3 Å². The normalized spacial score (nSPS) is 11.8. The maximum absolute atomic E-state index is 12.4. The molecule has 0 radical (unpaired) electrons. The zero-order valence-corrected chi connectivity index (χ0v) is 15.6. The summed E-state index contributed by atoms with van der Waals surface area (Å²) in [6.07, 6.45) is 0.359. The van der Waals surface area contributed by atoms with Gasteiger partial charge in [0, 0.05) is 18.1 Å². The molecule has 1 unspecified atom stereocenters. The summed E-state index contributed by atoms with van der Waals surface area (Å²) in [5, 5.41) is 15.7. The van der Waals surface area contributed by atoms with Crippen LogP contribution in [0.2, 0.25) is 0 Å². The van der Waals surface area contributed by atoms with E-state index < -0.39 is 17.9 Å². The van der Waals surface area contributed by atoms with E-state index in [1.54, 1.807) is 39.2 Å². The van der Waals surface area contributed by atoms with E-state index in [4.69, 9.17) is 18.8 Å². The number of hydrogen-bond acceptors (Lipinski definition) is 7. The first-order valence-electron chi connectivity index (χ1n) is 8.57. The van der Waals surface area contributed by atoms with Crippen molar-refractivity contribution in [3.63, 3.8) is 0 Å². The molecular weight excluding hydrogens is 366 g/mol. The first-order valence-corrected chi connectivity index (χ1v) is 8.57. The van der Waals surface area contributed by atoms with Gasteiger partial charge in [0.1, 0.15) is 23.1 Å². The van der Waals surface area contributed by atoms with Crippen molar-refractivity contribution in [1.82, 2.24) is 15.5 Å². The highest BCUT2D eigenvalue weighted by Crippen LogP contribution is 2.23. The van der Waals surface area contributed by atoms with Crippen LogP contribution in [0.4, 0.5) is 0 Å². The van der Waals surface area contributed by atoms with Crippen LogP contribution in [0.1, 0.15) is 52.5 Å². The first kappa shape index (κ1) is 19.2. The van der Waals surface area contributed by atoms with Crippen molar-refractivity contribution < 1.29 is 28.4 Å². The third-order valence-electron chi connectivity index (χ3n) is 4.07. The van der Waals surface area contributed by atoms with E-state index in [9.17, 15) is 9.59 Å². The quantitative estimate of drug-likeness (QED) is 0.635. The third-order valence-corrected chi connectivity index (χ3v) is 4.07. The third kappa shape index (κ3) is 3.88. The van der Waals surface area contributed by atoms with Crippen molar-refractivity contribution in [3.8, 4) is 17.1 Å². The molecule has 1 amide bonds. The number of benzene rings is 1. The smallest absolute Gasteiger partial charge is 0.339 e. The number of aryl methyl sites for hydroxylation is 1. The Morgan fingerprint density at radius 3 is 2.75 bits per heavy atom. The topological polar surface area (TPSA) is 128 Å². The number of aromatic nitrogens is 2. The number of furan rings is 1. The molecular formula is C19H19N3O6. The Morgan fingerprint density at radius 1 is 1.32 bits per heavy atom. The monoisotopic (exact) mass is 385 g/mol. The lowest BCUT2D eigenvalue weighted by Gasteiger charge is -2.07. The van der Waals surface area contributed by atoms with Gasteiger partial charge in [-0.1, -0.05) is 24.2 Å². The number of carbonyl (C=O) groups is 2. The number of amides is 1. The van der Waals surface area contributed by atoms with Crippen molar-refractivity contribution in [2.24, 2.45) is 0 Å². The summed E-state index contributed by atoms with van der Waals surface area (Å²) >= 11 is 0. The van der Waals surface area contributed by atoms with Gasteiger partial charge >= 0.3 is 5.97 Å². The van der Waals surface area contributed by atoms with Crippen molar-refractivity contribution in [1.29, 1.82) is 0 Å². The Labute approximate surface area is 160 Å². The van der Waals surface area contributed by atoms with Gasteiger partial charge in [-0.05, 0) is 19.1 Å². The summed E-state index contributed by atoms with van der Waals surface area (Å²) in [6, 6.07) is 7.77. The molecule has 9 heteroatoms. The second-order valence-corrected chi connectivity index (χ2v) is 5.99. The van der Waals surface area contributed by atoms with Crippen LogP contribution in [0.15, 0.2) is 39.3 Å². The minimum atomic E-state index is -1.15. The fourth-order valence-corrected chi connectivity index (χ4v) is 2.60. The minimum absolute atomic E-state index is 0.0293. The summed E-state index contributed by atoms with van der Waals surface area (Å²) in [4.78, 5) is 27.9. The Hall–Kier alpha value is -3.62. The Morgan fingerprint density at radius 2 is 2.11 bits per heavy atom. The minimum Gasteiger partial charge on any atom is -0.497 e. The lowest BCUT2D eigenvalue weighted by molar-refractivity contribution is 0.0694. The summed E-state index contributed by atoms with van der Waals surface area (Å²) in [7, 11) is 1.56. The van der Waals surface area contributed by atoms with E-state index >= 15 is 0 Å². The van der Waals surface area contributed by atoms with E-state index in [0.29, 0.717) is 23.6 Å². The summed E-state index contributed by atoms with van der Waals surface area (Å²) in [5.74, 6) is -0.356. The zero-order chi connectivity index (χ0) is 20.3. The molecule has 9 nitrogen and oxygen atoms in total. The highest BCUT2D eigenvalue weighted by Gasteiger charge is 2.23. The predicted octanol–water partition coefficient (Wildman–Crippen LogP) is 3.09. The Bertz CT molecular complexity index is 1010. The number of carboxylic acids is 1. The lowest BCUT2D eigenvalue weighted by Crippen LogP contribution is -2.26. The van der Waals surface area contributed by atoms with Crippen LogP contribution >= 0.6 is 0 Å². The Kier molecular flexibility index (Phi) is 5.44. The second kappa shape index (κ2) is 7.95. The first-order chi connectivity index (χ1) is 13.4. The fourth-order valence-electron chi connectivity index (χ4n) is 2.60. The van der Waals surface area contributed by atoms with Crippen molar-refractivity contribution >= 4 is 11.9 Å². The number of hydrogen-bond donors (Lipinski definition) is 2. The van der Waals surface area contributed by atoms with Crippen LogP contribution in [0.3, 0.4) is 0 Å². The van der Waals surface area contributed by atoms with Crippen LogP contribution < -0.4 is 10.1 Å². The molecule has 0 bridgehead atoms. The van der Waals surface area contributed by atoms with Gasteiger partial charge in [-0.2, -0.15) is 4.98 Å². The molecule has 1 aromatic carbocycles. The standard InChI is InChI=1S/C19H19N3O6/c1-4-14-13(19(24)25)9-15(27-14)17(23)20-10(2)18-21-16(22-28-18)11-6-5-7-12(8-11)26-3/h5-10H,4H2,1-3H3,(H,20,23)(H,24,25). The molecule has 0 saturated carbocycles. The number of aromatic carboxylic acids is 1. The number of methoxy groups -OCH3 is 1. The van der Waals surface area contributed by atoms with Gasteiger partial charge < -0.3 is 24.1 Å². The van der Waals surface area contributed by atoms with Gasteiger partial charge in [-0.15, -0.1) is 0 Å². The molecule has 0 aliphatic carbocycles. The van der Waals surface area contributed by atoms with E-state index in [-0.39, 0.29) is 23.0 Å². The van der Waals surface area contributed by atoms with Crippen LogP contribution in [-0.4, -0.2) is 34.2 Å². The molecule has 0 fully saturated rings. The molecule has 146 valence electrons. The second-order valence-electron chi connectivity index (χ2n) is 5.99. The highest BCUT2D eigenvalue weighted by atomic mass is 16.5. The highest BCUT2D eigenvalue weighted by molar-refractivity contribution is 5.96. The van der Waals surface area contributed by atoms with Gasteiger partial charge in [-0.3, -0.25) is 4.79 Å². The van der Waals surface area contributed by atoms with Crippen molar-refractivity contribution in [2.75, 3.05) is 7.11 Å². The zero-order valence-electron chi connectivity index (χ0n) is 15.6. The van der Waals surface area contributed by atoms with Gasteiger partial charge in [0.25, 0.3) is 5.91 Å². The van der Waals surface area contributed by atoms with Crippen LogP contribution in [0.25, 0.3) is 11.4 Å². The summed E-state index contributed by atoms with van der Waals surface area (Å²) < 4.78 is 15.8. The lowest BCUT2D eigenvalue weighted by atomic mass is 10.2. The number of nitrogens with zero attached hydrogens (tertiary/aromatic N) is 2. The largest absolute Gasteiger partial charge is 0.497 e. The van der Waals surface area contributed by atoms with Gasteiger partial charge in [0.05, 0.1) is 7.11 Å². The SMILES string of the molecule is CCc1oc(C(=O)NC(C)c2nc(-c3cccc(OC)c3)no2)cc1C(=O)O. The average molecular weight is 385 g/mol.